The van der Waals surface area contributed by atoms with Gasteiger partial charge in [0.1, 0.15) is 0 Å². The van der Waals surface area contributed by atoms with Crippen molar-refractivity contribution in [2.75, 3.05) is 23.3 Å². The van der Waals surface area contributed by atoms with E-state index >= 15 is 0 Å². The normalized spacial score (nSPS) is 16.4. The molecule has 156 valence electrons. The summed E-state index contributed by atoms with van der Waals surface area (Å²) in [6.45, 7) is 4.32. The Morgan fingerprint density at radius 3 is 2.80 bits per heavy atom. The van der Waals surface area contributed by atoms with Gasteiger partial charge in [0.05, 0.1) is 6.54 Å². The van der Waals surface area contributed by atoms with Crippen LogP contribution in [-0.2, 0) is 20.1 Å². The van der Waals surface area contributed by atoms with Crippen molar-refractivity contribution >= 4 is 23.1 Å². The summed E-state index contributed by atoms with van der Waals surface area (Å²) in [5.41, 5.74) is 8.05. The zero-order chi connectivity index (χ0) is 21.1. The van der Waals surface area contributed by atoms with Crippen molar-refractivity contribution in [3.8, 4) is 11.8 Å². The van der Waals surface area contributed by atoms with Crippen LogP contribution < -0.4 is 21.5 Å². The second-order valence-electron chi connectivity index (χ2n) is 7.58. The maximum Gasteiger partial charge on any atom is 0.281 e. The van der Waals surface area contributed by atoms with Crippen LogP contribution in [0, 0.1) is 11.8 Å². The number of hydrogen-bond acceptors (Lipinski definition) is 6. The molecule has 3 heterocycles. The van der Waals surface area contributed by atoms with Gasteiger partial charge < -0.3 is 16.0 Å². The van der Waals surface area contributed by atoms with Gasteiger partial charge in [0, 0.05) is 32.7 Å². The van der Waals surface area contributed by atoms with Crippen molar-refractivity contribution in [3.63, 3.8) is 0 Å². The van der Waals surface area contributed by atoms with Gasteiger partial charge in [-0.25, -0.2) is 0 Å². The summed E-state index contributed by atoms with van der Waals surface area (Å²) in [6, 6.07) is 10.1. The van der Waals surface area contributed by atoms with Crippen molar-refractivity contribution in [1.29, 1.82) is 0 Å². The number of benzene rings is 1. The van der Waals surface area contributed by atoms with E-state index in [0.29, 0.717) is 42.7 Å². The van der Waals surface area contributed by atoms with Gasteiger partial charge in [-0.05, 0) is 25.3 Å². The molecule has 4 rings (SSSR count). The molecule has 30 heavy (non-hydrogen) atoms. The van der Waals surface area contributed by atoms with Gasteiger partial charge in [0.25, 0.3) is 5.56 Å². The molecule has 0 radical (unpaired) electrons. The summed E-state index contributed by atoms with van der Waals surface area (Å²) in [4.78, 5) is 24.8. The molecule has 0 saturated carbocycles. The molecule has 0 spiro atoms. The number of piperidine rings is 1. The minimum Gasteiger partial charge on any atom is -0.351 e. The number of imidazole rings is 1. The van der Waals surface area contributed by atoms with Crippen LogP contribution in [0.4, 0.5) is 11.9 Å². The summed E-state index contributed by atoms with van der Waals surface area (Å²) in [5, 5.41) is 3.26. The smallest absolute Gasteiger partial charge is 0.281 e. The average Bonchev–Trinajstić information content (AvgIpc) is 3.13. The minimum atomic E-state index is -0.145. The van der Waals surface area contributed by atoms with Gasteiger partial charge in [-0.2, -0.15) is 9.97 Å². The Balaban J connectivity index is 1.76. The number of nitrogens with one attached hydrogen (secondary N) is 1. The Morgan fingerprint density at radius 2 is 2.07 bits per heavy atom. The second-order valence-corrected chi connectivity index (χ2v) is 7.58. The number of aromatic nitrogens is 4. The SMILES string of the molecule is CC#CCn1c(N2CCCC(N)C2)nc2nc(NCc3ccccc3)n(C)c(=O)c21. The topological polar surface area (TPSA) is 94.0 Å². The fourth-order valence-electron chi connectivity index (χ4n) is 3.82. The maximum absolute atomic E-state index is 13.2. The van der Waals surface area contributed by atoms with E-state index in [1.54, 1.807) is 14.0 Å². The highest BCUT2D eigenvalue weighted by atomic mass is 16.1. The van der Waals surface area contributed by atoms with Crippen LogP contribution in [0.5, 0.6) is 0 Å². The third-order valence-electron chi connectivity index (χ3n) is 5.41. The highest BCUT2D eigenvalue weighted by Gasteiger charge is 2.25. The molecule has 1 aliphatic heterocycles. The van der Waals surface area contributed by atoms with Gasteiger partial charge in [-0.1, -0.05) is 36.3 Å². The minimum absolute atomic E-state index is 0.100. The average molecular weight is 406 g/mol. The number of nitrogens with zero attached hydrogens (tertiary/aromatic N) is 5. The van der Waals surface area contributed by atoms with Crippen LogP contribution >= 0.6 is 0 Å². The molecule has 1 unspecified atom stereocenters. The fourth-order valence-corrected chi connectivity index (χ4v) is 3.82. The summed E-state index contributed by atoms with van der Waals surface area (Å²) >= 11 is 0. The molecular formula is C22H27N7O. The van der Waals surface area contributed by atoms with Crippen LogP contribution in [0.25, 0.3) is 11.2 Å². The van der Waals surface area contributed by atoms with Crippen molar-refractivity contribution < 1.29 is 0 Å². The fraction of sp³-hybridized carbons (Fsp3) is 0.409. The molecular weight excluding hydrogens is 378 g/mol. The molecule has 1 fully saturated rings. The number of rotatable bonds is 5. The van der Waals surface area contributed by atoms with Gasteiger partial charge in [-0.15, -0.1) is 5.92 Å². The van der Waals surface area contributed by atoms with Crippen LogP contribution in [-0.4, -0.2) is 38.2 Å². The lowest BCUT2D eigenvalue weighted by atomic mass is 10.1. The summed E-state index contributed by atoms with van der Waals surface area (Å²) in [5.74, 6) is 7.18. The highest BCUT2D eigenvalue weighted by Crippen LogP contribution is 2.23. The van der Waals surface area contributed by atoms with E-state index in [1.165, 1.54) is 4.57 Å². The Labute approximate surface area is 175 Å². The summed E-state index contributed by atoms with van der Waals surface area (Å²) < 4.78 is 3.41. The molecule has 2 aromatic heterocycles. The third kappa shape index (κ3) is 3.89. The predicted octanol–water partition coefficient (Wildman–Crippen LogP) is 1.69. The first-order valence-electron chi connectivity index (χ1n) is 10.2. The van der Waals surface area contributed by atoms with Crippen LogP contribution in [0.2, 0.25) is 0 Å². The molecule has 0 aliphatic carbocycles. The van der Waals surface area contributed by atoms with Gasteiger partial charge in [0.15, 0.2) is 11.2 Å². The Morgan fingerprint density at radius 1 is 1.27 bits per heavy atom. The molecule has 1 saturated heterocycles. The lowest BCUT2D eigenvalue weighted by molar-refractivity contribution is 0.496. The quantitative estimate of drug-likeness (QED) is 0.628. The van der Waals surface area contributed by atoms with Crippen molar-refractivity contribution in [3.05, 3.63) is 46.2 Å². The van der Waals surface area contributed by atoms with E-state index in [4.69, 9.17) is 10.7 Å². The molecule has 0 bridgehead atoms. The molecule has 0 amide bonds. The zero-order valence-corrected chi connectivity index (χ0v) is 17.4. The van der Waals surface area contributed by atoms with Crippen molar-refractivity contribution in [1.82, 2.24) is 19.1 Å². The van der Waals surface area contributed by atoms with Gasteiger partial charge in [-0.3, -0.25) is 13.9 Å². The molecule has 3 N–H and O–H groups in total. The van der Waals surface area contributed by atoms with Gasteiger partial charge >= 0.3 is 0 Å². The van der Waals surface area contributed by atoms with E-state index in [-0.39, 0.29) is 11.6 Å². The molecule has 1 aromatic carbocycles. The number of anilines is 2. The van der Waals surface area contributed by atoms with Crippen LogP contribution in [0.1, 0.15) is 25.3 Å². The molecule has 3 aromatic rings. The number of nitrogens with two attached hydrogens (primary N) is 1. The Kier molecular flexibility index (Phi) is 5.72. The van der Waals surface area contributed by atoms with E-state index in [2.05, 4.69) is 27.0 Å². The first kappa shape index (κ1) is 20.0. The first-order chi connectivity index (χ1) is 14.6. The number of hydrogen-bond donors (Lipinski definition) is 2. The van der Waals surface area contributed by atoms with Crippen LogP contribution in [0.15, 0.2) is 35.1 Å². The second kappa shape index (κ2) is 8.59. The van der Waals surface area contributed by atoms with E-state index < -0.39 is 0 Å². The van der Waals surface area contributed by atoms with E-state index in [0.717, 1.165) is 24.9 Å². The van der Waals surface area contributed by atoms with Crippen LogP contribution in [0.3, 0.4) is 0 Å². The van der Waals surface area contributed by atoms with Crippen molar-refractivity contribution in [2.45, 2.75) is 38.9 Å². The molecule has 8 nitrogen and oxygen atoms in total. The predicted molar refractivity (Wildman–Crippen MR) is 119 cm³/mol. The number of fused-ring (bicyclic) bond motifs is 1. The third-order valence-corrected chi connectivity index (χ3v) is 5.41. The maximum atomic E-state index is 13.2. The van der Waals surface area contributed by atoms with E-state index in [9.17, 15) is 4.79 Å². The Hall–Kier alpha value is -3.31. The largest absolute Gasteiger partial charge is 0.351 e. The first-order valence-corrected chi connectivity index (χ1v) is 10.2. The van der Waals surface area contributed by atoms with E-state index in [1.807, 2.05) is 34.9 Å². The van der Waals surface area contributed by atoms with Gasteiger partial charge in [0.2, 0.25) is 11.9 Å². The molecule has 1 atom stereocenters. The summed E-state index contributed by atoms with van der Waals surface area (Å²) in [6.07, 6.45) is 2.00. The molecule has 8 heteroatoms. The monoisotopic (exact) mass is 405 g/mol. The molecule has 1 aliphatic rings. The van der Waals surface area contributed by atoms with Crippen molar-refractivity contribution in [2.24, 2.45) is 12.8 Å². The standard InChI is InChI=1S/C22H27N7O/c1-3-4-13-29-18-19(26-22(29)28-12-8-11-17(23)15-28)25-21(27(2)20(18)30)24-14-16-9-6-5-7-10-16/h5-7,9-10,17H,8,11-15,23H2,1-2H3,(H,24,25). The zero-order valence-electron chi connectivity index (χ0n) is 17.4. The highest BCUT2D eigenvalue weighted by molar-refractivity contribution is 5.75. The Bertz CT molecular complexity index is 1150. The summed E-state index contributed by atoms with van der Waals surface area (Å²) in [7, 11) is 1.72. The lowest BCUT2D eigenvalue weighted by Crippen LogP contribution is -2.44. The lowest BCUT2D eigenvalue weighted by Gasteiger charge is -2.31.